The molecule has 0 N–H and O–H groups in total. The molecule has 0 radical (unpaired) electrons. The lowest BCUT2D eigenvalue weighted by molar-refractivity contribution is 0.480. The van der Waals surface area contributed by atoms with Crippen LogP contribution in [-0.2, 0) is 0 Å². The van der Waals surface area contributed by atoms with Crippen LogP contribution in [0.1, 0.15) is 20.3 Å². The van der Waals surface area contributed by atoms with Crippen molar-refractivity contribution >= 4 is 15.9 Å². The van der Waals surface area contributed by atoms with Gasteiger partial charge in [-0.15, -0.1) is 10.2 Å². The van der Waals surface area contributed by atoms with E-state index in [0.29, 0.717) is 5.92 Å². The van der Waals surface area contributed by atoms with Crippen LogP contribution < -0.4 is 0 Å². The van der Waals surface area contributed by atoms with Crippen molar-refractivity contribution in [3.63, 3.8) is 0 Å². The van der Waals surface area contributed by atoms with Gasteiger partial charge in [-0.1, -0.05) is 13.8 Å². The van der Waals surface area contributed by atoms with Crippen LogP contribution in [0.3, 0.4) is 0 Å². The zero-order valence-corrected chi connectivity index (χ0v) is 7.54. The van der Waals surface area contributed by atoms with Crippen molar-refractivity contribution in [1.82, 2.24) is 0 Å². The average molecular weight is 205 g/mol. The van der Waals surface area contributed by atoms with Crippen LogP contribution in [-0.4, -0.2) is 4.57 Å². The van der Waals surface area contributed by atoms with Crippen molar-refractivity contribution in [2.75, 3.05) is 0 Å². The van der Waals surface area contributed by atoms with Gasteiger partial charge in [0.05, 0.1) is 0 Å². The van der Waals surface area contributed by atoms with Gasteiger partial charge >= 0.3 is 0 Å². The first-order chi connectivity index (χ1) is 4.62. The van der Waals surface area contributed by atoms with Crippen LogP contribution in [0.2, 0.25) is 0 Å². The van der Waals surface area contributed by atoms with Gasteiger partial charge in [0, 0.05) is 6.42 Å². The van der Waals surface area contributed by atoms with E-state index in [4.69, 9.17) is 0 Å². The number of halogens is 1. The Morgan fingerprint density at radius 2 is 1.80 bits per heavy atom. The Kier molecular flexibility index (Phi) is 2.13. The van der Waals surface area contributed by atoms with E-state index >= 15 is 0 Å². The monoisotopic (exact) mass is 204 g/mol. The third kappa shape index (κ3) is 1.83. The molecule has 0 saturated heterocycles. The molecule has 0 aromatic heterocycles. The molecule has 10 heavy (non-hydrogen) atoms. The van der Waals surface area contributed by atoms with Crippen LogP contribution in [0, 0.1) is 5.92 Å². The van der Waals surface area contributed by atoms with Gasteiger partial charge in [0.25, 0.3) is 0 Å². The molecular weight excluding hydrogens is 196 g/mol. The Morgan fingerprint density at radius 1 is 1.30 bits per heavy atom. The van der Waals surface area contributed by atoms with Crippen molar-refractivity contribution < 1.29 is 0 Å². The van der Waals surface area contributed by atoms with E-state index in [0.717, 1.165) is 6.42 Å². The van der Waals surface area contributed by atoms with Crippen LogP contribution in [0.4, 0.5) is 0 Å². The fourth-order valence-corrected chi connectivity index (χ4v) is 1.59. The van der Waals surface area contributed by atoms with Gasteiger partial charge in [0.15, 0.2) is 0 Å². The molecule has 0 aliphatic carbocycles. The van der Waals surface area contributed by atoms with E-state index in [1.807, 2.05) is 0 Å². The summed E-state index contributed by atoms with van der Waals surface area (Å²) in [6.45, 7) is 4.21. The summed E-state index contributed by atoms with van der Waals surface area (Å²) in [6, 6.07) is 0. The van der Waals surface area contributed by atoms with Gasteiger partial charge in [-0.25, -0.2) is 0 Å². The number of nitrogens with zero attached hydrogens (tertiary/aromatic N) is 4. The summed E-state index contributed by atoms with van der Waals surface area (Å²) in [5.41, 5.74) is 0. The number of hydrogen-bond acceptors (Lipinski definition) is 4. The second-order valence-electron chi connectivity index (χ2n) is 2.70. The molecule has 56 valence electrons. The lowest BCUT2D eigenvalue weighted by Crippen LogP contribution is -2.13. The fraction of sp³-hybridized carbons (Fsp3) is 1.00. The summed E-state index contributed by atoms with van der Waals surface area (Å²) in [5, 5.41) is 14.5. The lowest BCUT2D eigenvalue weighted by Gasteiger charge is -2.12. The number of rotatable bonds is 2. The molecule has 4 nitrogen and oxygen atoms in total. The maximum absolute atomic E-state index is 3.82. The molecule has 0 saturated carbocycles. The molecule has 0 aromatic rings. The maximum atomic E-state index is 3.82. The van der Waals surface area contributed by atoms with E-state index in [1.165, 1.54) is 0 Å². The number of hydrogen-bond donors (Lipinski definition) is 0. The minimum absolute atomic E-state index is 0.537. The van der Waals surface area contributed by atoms with Gasteiger partial charge in [0.1, 0.15) is 0 Å². The minimum Gasteiger partial charge on any atom is -0.123 e. The number of alkyl halides is 1. The summed E-state index contributed by atoms with van der Waals surface area (Å²) in [5.74, 6) is 0.537. The molecule has 0 atom stereocenters. The third-order valence-electron chi connectivity index (χ3n) is 1.10. The van der Waals surface area contributed by atoms with Crippen molar-refractivity contribution in [3.8, 4) is 0 Å². The zero-order chi connectivity index (χ0) is 7.61. The lowest BCUT2D eigenvalue weighted by atomic mass is 10.1. The Labute approximate surface area is 67.9 Å². The molecule has 1 aliphatic heterocycles. The van der Waals surface area contributed by atoms with Crippen LogP contribution in [0.15, 0.2) is 20.7 Å². The van der Waals surface area contributed by atoms with Crippen molar-refractivity contribution in [1.29, 1.82) is 0 Å². The second kappa shape index (κ2) is 2.74. The molecule has 1 heterocycles. The summed E-state index contributed by atoms with van der Waals surface area (Å²) < 4.78 is -0.554. The van der Waals surface area contributed by atoms with Crippen molar-refractivity contribution in [3.05, 3.63) is 0 Å². The first kappa shape index (κ1) is 7.78. The standard InChI is InChI=1S/C5H9BrN4/c1-4(2)3-5(6)7-9-10-8-5/h4H,3H2,1-2H3. The zero-order valence-electron chi connectivity index (χ0n) is 5.95. The van der Waals surface area contributed by atoms with Crippen LogP contribution >= 0.6 is 15.9 Å². The van der Waals surface area contributed by atoms with E-state index < -0.39 is 4.57 Å². The van der Waals surface area contributed by atoms with Crippen LogP contribution in [0.5, 0.6) is 0 Å². The first-order valence-electron chi connectivity index (χ1n) is 3.15. The topological polar surface area (TPSA) is 49.4 Å². The molecule has 5 heteroatoms. The molecule has 1 rings (SSSR count). The van der Waals surface area contributed by atoms with E-state index in [1.54, 1.807) is 0 Å². The van der Waals surface area contributed by atoms with Gasteiger partial charge in [-0.3, -0.25) is 0 Å². The molecule has 0 amide bonds. The normalized spacial score (nSPS) is 20.8. The highest BCUT2D eigenvalue weighted by atomic mass is 79.9. The highest BCUT2D eigenvalue weighted by molar-refractivity contribution is 9.10. The van der Waals surface area contributed by atoms with Gasteiger partial charge in [-0.05, 0) is 32.3 Å². The summed E-state index contributed by atoms with van der Waals surface area (Å²) in [6.07, 6.45) is 0.833. The maximum Gasteiger partial charge on any atom is 0.248 e. The Bertz CT molecular complexity index is 162. The quantitative estimate of drug-likeness (QED) is 0.491. The minimum atomic E-state index is -0.554. The summed E-state index contributed by atoms with van der Waals surface area (Å²) in [7, 11) is 0. The smallest absolute Gasteiger partial charge is 0.123 e. The molecular formula is C5H9BrN4. The molecule has 0 aromatic carbocycles. The van der Waals surface area contributed by atoms with E-state index in [-0.39, 0.29) is 0 Å². The van der Waals surface area contributed by atoms with Gasteiger partial charge in [0.2, 0.25) is 4.57 Å². The molecule has 0 bridgehead atoms. The predicted octanol–water partition coefficient (Wildman–Crippen LogP) is 2.91. The Morgan fingerprint density at radius 3 is 2.20 bits per heavy atom. The summed E-state index contributed by atoms with van der Waals surface area (Å²) >= 11 is 3.33. The van der Waals surface area contributed by atoms with E-state index in [9.17, 15) is 0 Å². The molecule has 0 unspecified atom stereocenters. The molecule has 0 spiro atoms. The second-order valence-corrected chi connectivity index (χ2v) is 3.97. The fourth-order valence-electron chi connectivity index (χ4n) is 0.798. The highest BCUT2D eigenvalue weighted by Gasteiger charge is 2.29. The van der Waals surface area contributed by atoms with Crippen molar-refractivity contribution in [2.24, 2.45) is 26.6 Å². The Hall–Kier alpha value is -0.320. The molecule has 0 fully saturated rings. The van der Waals surface area contributed by atoms with Crippen molar-refractivity contribution in [2.45, 2.75) is 24.8 Å². The average Bonchev–Trinajstić information content (AvgIpc) is 2.12. The Balaban J connectivity index is 2.53. The van der Waals surface area contributed by atoms with Crippen LogP contribution in [0.25, 0.3) is 0 Å². The van der Waals surface area contributed by atoms with Gasteiger partial charge < -0.3 is 0 Å². The third-order valence-corrected chi connectivity index (χ3v) is 1.74. The highest BCUT2D eigenvalue weighted by Crippen LogP contribution is 2.33. The SMILES string of the molecule is CC(C)CC1(Br)N=NN=N1. The largest absolute Gasteiger partial charge is 0.248 e. The summed E-state index contributed by atoms with van der Waals surface area (Å²) in [4.78, 5) is 0. The molecule has 1 aliphatic rings. The van der Waals surface area contributed by atoms with Gasteiger partial charge in [-0.2, -0.15) is 0 Å². The predicted molar refractivity (Wildman–Crippen MR) is 40.8 cm³/mol. The van der Waals surface area contributed by atoms with E-state index in [2.05, 4.69) is 50.5 Å². The first-order valence-corrected chi connectivity index (χ1v) is 3.95.